The van der Waals surface area contributed by atoms with Gasteiger partial charge >= 0.3 is 0 Å². The summed E-state index contributed by atoms with van der Waals surface area (Å²) in [6.45, 7) is 8.90. The molecule has 106 valence electrons. The van der Waals surface area contributed by atoms with Crippen molar-refractivity contribution < 1.29 is 5.11 Å². The average molecular weight is 264 g/mol. The van der Waals surface area contributed by atoms with Crippen LogP contribution in [0.15, 0.2) is 6.07 Å². The summed E-state index contributed by atoms with van der Waals surface area (Å²) in [7, 11) is 0. The number of piperidine rings is 1. The van der Waals surface area contributed by atoms with Crippen molar-refractivity contribution >= 4 is 11.6 Å². The fourth-order valence-corrected chi connectivity index (χ4v) is 2.21. The largest absolute Gasteiger partial charge is 0.393 e. The Bertz CT molecular complexity index is 414. The second-order valence-corrected chi connectivity index (χ2v) is 5.65. The van der Waals surface area contributed by atoms with Crippen LogP contribution in [0.1, 0.15) is 32.5 Å². The molecular weight excluding hydrogens is 240 g/mol. The molecule has 0 aliphatic carbocycles. The highest BCUT2D eigenvalue weighted by Gasteiger charge is 2.18. The number of nitrogens with zero attached hydrogens (tertiary/aromatic N) is 3. The zero-order valence-electron chi connectivity index (χ0n) is 12.1. The van der Waals surface area contributed by atoms with Gasteiger partial charge in [0, 0.05) is 25.7 Å². The lowest BCUT2D eigenvalue weighted by atomic mass is 10.1. The zero-order chi connectivity index (χ0) is 13.8. The Hall–Kier alpha value is -1.36. The Kier molecular flexibility index (Phi) is 4.58. The van der Waals surface area contributed by atoms with Gasteiger partial charge in [-0.15, -0.1) is 0 Å². The lowest BCUT2D eigenvalue weighted by Crippen LogP contribution is -2.36. The maximum Gasteiger partial charge on any atom is 0.134 e. The number of hydrogen-bond acceptors (Lipinski definition) is 5. The van der Waals surface area contributed by atoms with Crippen LogP contribution in [0.4, 0.5) is 11.6 Å². The van der Waals surface area contributed by atoms with Crippen molar-refractivity contribution in [1.29, 1.82) is 0 Å². The molecule has 0 saturated carbocycles. The Balaban J connectivity index is 2.07. The van der Waals surface area contributed by atoms with Crippen molar-refractivity contribution in [2.24, 2.45) is 5.92 Å². The number of aliphatic hydroxyl groups is 1. The van der Waals surface area contributed by atoms with Gasteiger partial charge in [-0.1, -0.05) is 13.8 Å². The molecule has 0 atom stereocenters. The number of aliphatic hydroxyl groups excluding tert-OH is 1. The van der Waals surface area contributed by atoms with Crippen molar-refractivity contribution in [2.75, 3.05) is 29.9 Å². The SMILES string of the molecule is Cc1nc(NCC(C)C)cc(N2CCC(O)CC2)n1. The molecule has 0 aromatic carbocycles. The first-order chi connectivity index (χ1) is 9.04. The molecule has 1 saturated heterocycles. The van der Waals surface area contributed by atoms with E-state index in [1.54, 1.807) is 0 Å². The summed E-state index contributed by atoms with van der Waals surface area (Å²) in [4.78, 5) is 11.1. The Morgan fingerprint density at radius 2 is 2.05 bits per heavy atom. The Morgan fingerprint density at radius 1 is 1.37 bits per heavy atom. The second-order valence-electron chi connectivity index (χ2n) is 5.65. The van der Waals surface area contributed by atoms with Crippen LogP contribution in [-0.4, -0.2) is 40.8 Å². The highest BCUT2D eigenvalue weighted by Crippen LogP contribution is 2.20. The van der Waals surface area contributed by atoms with E-state index in [0.717, 1.165) is 49.9 Å². The molecule has 19 heavy (non-hydrogen) atoms. The van der Waals surface area contributed by atoms with Gasteiger partial charge in [0.05, 0.1) is 6.10 Å². The van der Waals surface area contributed by atoms with E-state index < -0.39 is 0 Å². The summed E-state index contributed by atoms with van der Waals surface area (Å²) in [5.41, 5.74) is 0. The fourth-order valence-electron chi connectivity index (χ4n) is 2.21. The highest BCUT2D eigenvalue weighted by molar-refractivity contribution is 5.49. The molecule has 1 fully saturated rings. The van der Waals surface area contributed by atoms with Gasteiger partial charge < -0.3 is 15.3 Å². The van der Waals surface area contributed by atoms with E-state index in [-0.39, 0.29) is 6.10 Å². The number of nitrogens with one attached hydrogen (secondary N) is 1. The van der Waals surface area contributed by atoms with Crippen molar-refractivity contribution in [1.82, 2.24) is 9.97 Å². The molecule has 1 aromatic rings. The maximum atomic E-state index is 9.56. The van der Waals surface area contributed by atoms with E-state index >= 15 is 0 Å². The smallest absolute Gasteiger partial charge is 0.134 e. The third-order valence-electron chi connectivity index (χ3n) is 3.30. The third kappa shape index (κ3) is 4.06. The second kappa shape index (κ2) is 6.19. The van der Waals surface area contributed by atoms with E-state index in [1.165, 1.54) is 0 Å². The molecule has 2 rings (SSSR count). The summed E-state index contributed by atoms with van der Waals surface area (Å²) >= 11 is 0. The van der Waals surface area contributed by atoms with Gasteiger partial charge in [-0.05, 0) is 25.7 Å². The molecule has 0 radical (unpaired) electrons. The van der Waals surface area contributed by atoms with Crippen LogP contribution in [0.5, 0.6) is 0 Å². The first-order valence-corrected chi connectivity index (χ1v) is 7.07. The normalized spacial score (nSPS) is 17.0. The molecule has 2 heterocycles. The summed E-state index contributed by atoms with van der Waals surface area (Å²) in [5.74, 6) is 3.23. The molecule has 0 unspecified atom stereocenters. The molecule has 0 spiro atoms. The van der Waals surface area contributed by atoms with Gasteiger partial charge in [0.15, 0.2) is 0 Å². The van der Waals surface area contributed by atoms with Crippen LogP contribution < -0.4 is 10.2 Å². The summed E-state index contributed by atoms with van der Waals surface area (Å²) in [5, 5.41) is 12.9. The average Bonchev–Trinajstić information content (AvgIpc) is 2.36. The molecule has 0 bridgehead atoms. The number of hydrogen-bond donors (Lipinski definition) is 2. The maximum absolute atomic E-state index is 9.56. The van der Waals surface area contributed by atoms with Crippen LogP contribution in [0, 0.1) is 12.8 Å². The minimum Gasteiger partial charge on any atom is -0.393 e. The first-order valence-electron chi connectivity index (χ1n) is 7.07. The van der Waals surface area contributed by atoms with Gasteiger partial charge in [-0.2, -0.15) is 0 Å². The molecule has 0 amide bonds. The monoisotopic (exact) mass is 264 g/mol. The minimum atomic E-state index is -0.155. The quantitative estimate of drug-likeness (QED) is 0.868. The van der Waals surface area contributed by atoms with Gasteiger partial charge in [-0.3, -0.25) is 0 Å². The van der Waals surface area contributed by atoms with Gasteiger partial charge in [-0.25, -0.2) is 9.97 Å². The molecule has 5 heteroatoms. The highest BCUT2D eigenvalue weighted by atomic mass is 16.3. The molecule has 1 aliphatic heterocycles. The van der Waals surface area contributed by atoms with Crippen molar-refractivity contribution in [3.05, 3.63) is 11.9 Å². The van der Waals surface area contributed by atoms with E-state index in [0.29, 0.717) is 5.92 Å². The lowest BCUT2D eigenvalue weighted by Gasteiger charge is -2.30. The predicted octanol–water partition coefficient (Wildman–Crippen LogP) is 1.81. The van der Waals surface area contributed by atoms with E-state index in [4.69, 9.17) is 0 Å². The molecular formula is C14H24N4O. The van der Waals surface area contributed by atoms with Crippen molar-refractivity contribution in [3.63, 3.8) is 0 Å². The third-order valence-corrected chi connectivity index (χ3v) is 3.30. The molecule has 2 N–H and O–H groups in total. The molecule has 5 nitrogen and oxygen atoms in total. The summed E-state index contributed by atoms with van der Waals surface area (Å²) in [6.07, 6.45) is 1.48. The van der Waals surface area contributed by atoms with Gasteiger partial charge in [0.1, 0.15) is 17.5 Å². The summed E-state index contributed by atoms with van der Waals surface area (Å²) < 4.78 is 0. The van der Waals surface area contributed by atoms with Crippen LogP contribution in [0.25, 0.3) is 0 Å². The molecule has 1 aromatic heterocycles. The van der Waals surface area contributed by atoms with E-state index in [2.05, 4.69) is 34.0 Å². The van der Waals surface area contributed by atoms with E-state index in [1.807, 2.05) is 13.0 Å². The lowest BCUT2D eigenvalue weighted by molar-refractivity contribution is 0.145. The van der Waals surface area contributed by atoms with E-state index in [9.17, 15) is 5.11 Å². The van der Waals surface area contributed by atoms with Crippen LogP contribution in [-0.2, 0) is 0 Å². The topological polar surface area (TPSA) is 61.3 Å². The van der Waals surface area contributed by atoms with Crippen LogP contribution in [0.2, 0.25) is 0 Å². The number of rotatable bonds is 4. The number of aryl methyl sites for hydroxylation is 1. The van der Waals surface area contributed by atoms with Gasteiger partial charge in [0.25, 0.3) is 0 Å². The fraction of sp³-hybridized carbons (Fsp3) is 0.714. The Labute approximate surface area is 115 Å². The summed E-state index contributed by atoms with van der Waals surface area (Å²) in [6, 6.07) is 2.01. The number of anilines is 2. The molecule has 1 aliphatic rings. The van der Waals surface area contributed by atoms with Crippen molar-refractivity contribution in [2.45, 2.75) is 39.7 Å². The van der Waals surface area contributed by atoms with Gasteiger partial charge in [0.2, 0.25) is 0 Å². The predicted molar refractivity (Wildman–Crippen MR) is 77.6 cm³/mol. The van der Waals surface area contributed by atoms with Crippen LogP contribution in [0.3, 0.4) is 0 Å². The van der Waals surface area contributed by atoms with Crippen LogP contribution >= 0.6 is 0 Å². The van der Waals surface area contributed by atoms with Crippen molar-refractivity contribution in [3.8, 4) is 0 Å². The number of aromatic nitrogens is 2. The standard InChI is InChI=1S/C14H24N4O/c1-10(2)9-15-13-8-14(17-11(3)16-13)18-6-4-12(19)5-7-18/h8,10,12,19H,4-7,9H2,1-3H3,(H,15,16,17). The zero-order valence-corrected chi connectivity index (χ0v) is 12.1. The minimum absolute atomic E-state index is 0.155. The first kappa shape index (κ1) is 14.1. The Morgan fingerprint density at radius 3 is 2.68 bits per heavy atom.